The molecule has 1 aromatic carbocycles. The van der Waals surface area contributed by atoms with Gasteiger partial charge in [-0.2, -0.15) is 16.4 Å². The summed E-state index contributed by atoms with van der Waals surface area (Å²) in [6.45, 7) is 1.89. The molecule has 6 nitrogen and oxygen atoms in total. The number of anilines is 2. The first-order valence-corrected chi connectivity index (χ1v) is 10.8. The van der Waals surface area contributed by atoms with E-state index in [1.807, 2.05) is 18.2 Å². The molecule has 0 spiro atoms. The second kappa shape index (κ2) is 7.75. The van der Waals surface area contributed by atoms with Gasteiger partial charge in [0.05, 0.1) is 5.52 Å². The third-order valence-electron chi connectivity index (χ3n) is 5.44. The number of thiophene rings is 1. The van der Waals surface area contributed by atoms with Crippen molar-refractivity contribution >= 4 is 33.9 Å². The highest BCUT2D eigenvalue weighted by atomic mass is 32.1. The van der Waals surface area contributed by atoms with Crippen molar-refractivity contribution in [3.8, 4) is 11.4 Å². The molecule has 1 aliphatic rings. The maximum atomic E-state index is 4.96. The van der Waals surface area contributed by atoms with E-state index < -0.39 is 0 Å². The molecule has 1 aliphatic heterocycles. The Labute approximate surface area is 173 Å². The van der Waals surface area contributed by atoms with Crippen LogP contribution in [0.4, 0.5) is 11.6 Å². The van der Waals surface area contributed by atoms with Crippen molar-refractivity contribution in [3.63, 3.8) is 0 Å². The van der Waals surface area contributed by atoms with Crippen LogP contribution < -0.4 is 9.80 Å². The lowest BCUT2D eigenvalue weighted by Crippen LogP contribution is -2.39. The predicted molar refractivity (Wildman–Crippen MR) is 119 cm³/mol. The van der Waals surface area contributed by atoms with Gasteiger partial charge in [-0.3, -0.25) is 0 Å². The summed E-state index contributed by atoms with van der Waals surface area (Å²) in [5.41, 5.74) is 2.04. The molecule has 0 aliphatic carbocycles. The zero-order valence-electron chi connectivity index (χ0n) is 16.3. The van der Waals surface area contributed by atoms with Crippen LogP contribution in [0.5, 0.6) is 0 Å². The summed E-state index contributed by atoms with van der Waals surface area (Å²) < 4.78 is 0. The van der Waals surface area contributed by atoms with E-state index in [2.05, 4.69) is 62.1 Å². The molecule has 29 heavy (non-hydrogen) atoms. The van der Waals surface area contributed by atoms with Crippen molar-refractivity contribution in [2.45, 2.75) is 18.9 Å². The number of hydrogen-bond donors (Lipinski definition) is 0. The number of nitrogens with zero attached hydrogens (tertiary/aromatic N) is 6. The number of likely N-dealkylation sites (N-methyl/N-ethyl adjacent to an activating group) is 1. The summed E-state index contributed by atoms with van der Waals surface area (Å²) in [5.74, 6) is 2.71. The molecule has 0 N–H and O–H groups in total. The minimum atomic E-state index is 0.384. The van der Waals surface area contributed by atoms with Crippen LogP contribution in [0.15, 0.2) is 59.4 Å². The van der Waals surface area contributed by atoms with Gasteiger partial charge in [0, 0.05) is 48.7 Å². The van der Waals surface area contributed by atoms with Gasteiger partial charge >= 0.3 is 0 Å². The average Bonchev–Trinajstić information content (AvgIpc) is 3.46. The zero-order chi connectivity index (χ0) is 19.6. The molecule has 0 amide bonds. The van der Waals surface area contributed by atoms with Crippen LogP contribution in [-0.4, -0.2) is 46.3 Å². The van der Waals surface area contributed by atoms with Crippen LogP contribution in [0.1, 0.15) is 12.8 Å². The van der Waals surface area contributed by atoms with Gasteiger partial charge in [0.2, 0.25) is 0 Å². The molecule has 0 radical (unpaired) electrons. The molecule has 1 fully saturated rings. The van der Waals surface area contributed by atoms with Crippen molar-refractivity contribution in [1.82, 2.24) is 20.2 Å². The molecule has 5 rings (SSSR count). The van der Waals surface area contributed by atoms with Gasteiger partial charge < -0.3 is 9.80 Å². The number of para-hydroxylation sites is 1. The average molecular weight is 403 g/mol. The van der Waals surface area contributed by atoms with Crippen molar-refractivity contribution in [3.05, 3.63) is 59.4 Å². The van der Waals surface area contributed by atoms with E-state index in [-0.39, 0.29) is 0 Å². The summed E-state index contributed by atoms with van der Waals surface area (Å²) in [4.78, 5) is 14.4. The summed E-state index contributed by atoms with van der Waals surface area (Å²) in [7, 11) is 2.12. The van der Waals surface area contributed by atoms with E-state index in [0.29, 0.717) is 6.04 Å². The second-order valence-corrected chi connectivity index (χ2v) is 8.13. The molecule has 3 aromatic heterocycles. The number of fused-ring (bicyclic) bond motifs is 1. The summed E-state index contributed by atoms with van der Waals surface area (Å²) in [6.07, 6.45) is 4.03. The van der Waals surface area contributed by atoms with Gasteiger partial charge in [-0.15, -0.1) is 5.10 Å². The third kappa shape index (κ3) is 3.53. The lowest BCUT2D eigenvalue weighted by atomic mass is 10.1. The Morgan fingerprint density at radius 1 is 1.14 bits per heavy atom. The van der Waals surface area contributed by atoms with Gasteiger partial charge in [0.15, 0.2) is 11.6 Å². The van der Waals surface area contributed by atoms with Crippen LogP contribution in [0.25, 0.3) is 22.3 Å². The Balaban J connectivity index is 1.48. The summed E-state index contributed by atoms with van der Waals surface area (Å²) in [5, 5.41) is 13.6. The van der Waals surface area contributed by atoms with E-state index in [1.54, 1.807) is 17.5 Å². The van der Waals surface area contributed by atoms with E-state index in [9.17, 15) is 0 Å². The van der Waals surface area contributed by atoms with Crippen LogP contribution in [0.2, 0.25) is 0 Å². The van der Waals surface area contributed by atoms with Gasteiger partial charge in [-0.05, 0) is 48.6 Å². The highest BCUT2D eigenvalue weighted by Crippen LogP contribution is 2.30. The van der Waals surface area contributed by atoms with Crippen molar-refractivity contribution in [2.24, 2.45) is 0 Å². The first-order valence-electron chi connectivity index (χ1n) is 9.84. The third-order valence-corrected chi connectivity index (χ3v) is 6.12. The molecule has 0 bridgehead atoms. The van der Waals surface area contributed by atoms with Gasteiger partial charge in [-0.1, -0.05) is 12.1 Å². The maximum absolute atomic E-state index is 4.96. The number of rotatable bonds is 5. The summed E-state index contributed by atoms with van der Waals surface area (Å²) in [6, 6.07) is 14.7. The van der Waals surface area contributed by atoms with Crippen LogP contribution in [0, 0.1) is 0 Å². The van der Waals surface area contributed by atoms with Crippen LogP contribution in [0.3, 0.4) is 0 Å². The van der Waals surface area contributed by atoms with Gasteiger partial charge in [-0.25, -0.2) is 9.97 Å². The van der Waals surface area contributed by atoms with Gasteiger partial charge in [0.1, 0.15) is 5.82 Å². The standard InChI is InChI=1S/C22H22N6S/c1-27(14-17-6-5-12-28(17)20-9-4-11-23-26-20)22-18-7-2-3-8-19(18)24-21(25-22)16-10-13-29-15-16/h2-4,7-11,13,15,17H,5-6,12,14H2,1H3. The highest BCUT2D eigenvalue weighted by Gasteiger charge is 2.28. The first kappa shape index (κ1) is 18.0. The lowest BCUT2D eigenvalue weighted by molar-refractivity contribution is 0.644. The fourth-order valence-electron chi connectivity index (χ4n) is 4.05. The molecule has 7 heteroatoms. The highest BCUT2D eigenvalue weighted by molar-refractivity contribution is 7.08. The normalized spacial score (nSPS) is 16.4. The molecule has 1 unspecified atom stereocenters. The minimum absolute atomic E-state index is 0.384. The second-order valence-electron chi connectivity index (χ2n) is 7.35. The van der Waals surface area contributed by atoms with E-state index in [0.717, 1.165) is 53.4 Å². The fourth-order valence-corrected chi connectivity index (χ4v) is 4.68. The van der Waals surface area contributed by atoms with Crippen molar-refractivity contribution in [1.29, 1.82) is 0 Å². The van der Waals surface area contributed by atoms with Crippen molar-refractivity contribution < 1.29 is 0 Å². The predicted octanol–water partition coefficient (Wildman–Crippen LogP) is 4.25. The Morgan fingerprint density at radius 2 is 2.07 bits per heavy atom. The maximum Gasteiger partial charge on any atom is 0.162 e. The molecule has 1 atom stereocenters. The molecule has 4 heterocycles. The Hall–Kier alpha value is -3.06. The Morgan fingerprint density at radius 3 is 2.90 bits per heavy atom. The Bertz CT molecular complexity index is 1100. The zero-order valence-corrected chi connectivity index (χ0v) is 17.1. The van der Waals surface area contributed by atoms with Crippen LogP contribution in [-0.2, 0) is 0 Å². The minimum Gasteiger partial charge on any atom is -0.357 e. The van der Waals surface area contributed by atoms with Crippen molar-refractivity contribution in [2.75, 3.05) is 29.9 Å². The molecule has 4 aromatic rings. The van der Waals surface area contributed by atoms with Crippen LogP contribution >= 0.6 is 11.3 Å². The number of benzene rings is 1. The molecular formula is C22H22N6S. The molecular weight excluding hydrogens is 380 g/mol. The fraction of sp³-hybridized carbons (Fsp3) is 0.273. The topological polar surface area (TPSA) is 58.0 Å². The summed E-state index contributed by atoms with van der Waals surface area (Å²) >= 11 is 1.67. The largest absolute Gasteiger partial charge is 0.357 e. The van der Waals surface area contributed by atoms with Gasteiger partial charge in [0.25, 0.3) is 0 Å². The first-order chi connectivity index (χ1) is 14.3. The Kier molecular flexibility index (Phi) is 4.81. The SMILES string of the molecule is CN(CC1CCCN1c1cccnn1)c1nc(-c2ccsc2)nc2ccccc12. The monoisotopic (exact) mass is 402 g/mol. The lowest BCUT2D eigenvalue weighted by Gasteiger charge is -2.30. The molecule has 1 saturated heterocycles. The van der Waals surface area contributed by atoms with E-state index in [1.165, 1.54) is 6.42 Å². The molecule has 146 valence electrons. The van der Waals surface area contributed by atoms with E-state index in [4.69, 9.17) is 9.97 Å². The quantitative estimate of drug-likeness (QED) is 0.497. The van der Waals surface area contributed by atoms with E-state index >= 15 is 0 Å². The number of hydrogen-bond acceptors (Lipinski definition) is 7. The smallest absolute Gasteiger partial charge is 0.162 e. The molecule has 0 saturated carbocycles. The number of aromatic nitrogens is 4.